The van der Waals surface area contributed by atoms with E-state index in [2.05, 4.69) is 15.9 Å². The van der Waals surface area contributed by atoms with Gasteiger partial charge in [-0.2, -0.15) is 0 Å². The molecule has 0 aliphatic carbocycles. The number of amides is 1. The quantitative estimate of drug-likeness (QED) is 0.229. The average molecular weight is 552 g/mol. The molecular formula is C31H22BrNO4. The zero-order valence-corrected chi connectivity index (χ0v) is 21.8. The fraction of sp³-hybridized carbons (Fsp3) is 0.0968. The molecule has 1 amide bonds. The number of fused-ring (bicyclic) bond motifs is 2. The summed E-state index contributed by atoms with van der Waals surface area (Å²) in [4.78, 5) is 29.4. The number of carbonyl (C=O) groups is 1. The Morgan fingerprint density at radius 3 is 2.32 bits per heavy atom. The van der Waals surface area contributed by atoms with Crippen LogP contribution >= 0.6 is 15.9 Å². The van der Waals surface area contributed by atoms with Gasteiger partial charge >= 0.3 is 0 Å². The second-order valence-corrected chi connectivity index (χ2v) is 10.1. The highest BCUT2D eigenvalue weighted by molar-refractivity contribution is 9.10. The summed E-state index contributed by atoms with van der Waals surface area (Å²) in [5.41, 5.74) is 3.92. The summed E-state index contributed by atoms with van der Waals surface area (Å²) in [6.07, 6.45) is 0. The van der Waals surface area contributed by atoms with Gasteiger partial charge in [-0.3, -0.25) is 14.5 Å². The summed E-state index contributed by atoms with van der Waals surface area (Å²) in [5.74, 6) is 1.02. The number of halogens is 1. The number of aryl methyl sites for hydroxylation is 2. The number of rotatable bonds is 4. The molecular weight excluding hydrogens is 530 g/mol. The van der Waals surface area contributed by atoms with Crippen LogP contribution in [0.2, 0.25) is 0 Å². The molecule has 1 atom stereocenters. The van der Waals surface area contributed by atoms with Crippen molar-refractivity contribution in [1.82, 2.24) is 0 Å². The third-order valence-corrected chi connectivity index (χ3v) is 7.22. The Hall–Kier alpha value is -4.16. The smallest absolute Gasteiger partial charge is 0.295 e. The number of para-hydroxylation sites is 1. The molecule has 1 unspecified atom stereocenters. The number of hydrogen-bond acceptors (Lipinski definition) is 4. The number of benzene rings is 4. The summed E-state index contributed by atoms with van der Waals surface area (Å²) < 4.78 is 13.1. The number of carbonyl (C=O) groups excluding carboxylic acids is 1. The molecule has 0 spiro atoms. The number of hydrogen-bond donors (Lipinski definition) is 0. The maximum atomic E-state index is 14.0. The van der Waals surface area contributed by atoms with Gasteiger partial charge in [0.25, 0.3) is 5.91 Å². The standard InChI is InChI=1S/C31H22BrNO4/c1-18-14-25-26(15-19(18)2)37-30-27(29(25)34)28(33(31(30)35)22-10-7-9-21(32)17-22)20-8-6-13-24(16-20)36-23-11-4-3-5-12-23/h3-17,28H,1-2H3. The molecule has 1 aliphatic heterocycles. The van der Waals surface area contributed by atoms with E-state index in [4.69, 9.17) is 9.15 Å². The maximum absolute atomic E-state index is 14.0. The van der Waals surface area contributed by atoms with E-state index in [-0.39, 0.29) is 17.1 Å². The molecule has 0 N–H and O–H groups in total. The van der Waals surface area contributed by atoms with Gasteiger partial charge in [0.15, 0.2) is 5.43 Å². The highest BCUT2D eigenvalue weighted by atomic mass is 79.9. The Balaban J connectivity index is 1.57. The molecule has 37 heavy (non-hydrogen) atoms. The fourth-order valence-electron chi connectivity index (χ4n) is 4.81. The van der Waals surface area contributed by atoms with Crippen LogP contribution in [0.1, 0.15) is 38.9 Å². The molecule has 182 valence electrons. The van der Waals surface area contributed by atoms with Crippen molar-refractivity contribution in [1.29, 1.82) is 0 Å². The third-order valence-electron chi connectivity index (χ3n) is 6.73. The second-order valence-electron chi connectivity index (χ2n) is 9.15. The Kier molecular flexibility index (Phi) is 5.69. The molecule has 0 saturated heterocycles. The molecule has 1 aliphatic rings. The lowest BCUT2D eigenvalue weighted by Gasteiger charge is -2.25. The molecule has 6 rings (SSSR count). The van der Waals surface area contributed by atoms with Crippen LogP contribution < -0.4 is 15.1 Å². The van der Waals surface area contributed by atoms with E-state index in [9.17, 15) is 9.59 Å². The van der Waals surface area contributed by atoms with Gasteiger partial charge in [0.2, 0.25) is 5.76 Å². The highest BCUT2D eigenvalue weighted by Crippen LogP contribution is 2.42. The van der Waals surface area contributed by atoms with Gasteiger partial charge in [-0.15, -0.1) is 0 Å². The summed E-state index contributed by atoms with van der Waals surface area (Å²) in [6, 6.07) is 27.4. The van der Waals surface area contributed by atoms with Gasteiger partial charge in [-0.1, -0.05) is 52.3 Å². The summed E-state index contributed by atoms with van der Waals surface area (Å²) in [7, 11) is 0. The topological polar surface area (TPSA) is 59.8 Å². The monoisotopic (exact) mass is 551 g/mol. The summed E-state index contributed by atoms with van der Waals surface area (Å²) in [6.45, 7) is 3.92. The van der Waals surface area contributed by atoms with Crippen molar-refractivity contribution in [2.45, 2.75) is 19.9 Å². The first-order valence-electron chi connectivity index (χ1n) is 11.9. The first-order chi connectivity index (χ1) is 17.9. The van der Waals surface area contributed by atoms with Crippen LogP contribution in [-0.2, 0) is 0 Å². The van der Waals surface area contributed by atoms with E-state index in [0.29, 0.717) is 33.7 Å². The maximum Gasteiger partial charge on any atom is 0.295 e. The first kappa shape index (κ1) is 23.3. The van der Waals surface area contributed by atoms with Crippen molar-refractivity contribution < 1.29 is 13.9 Å². The molecule has 2 heterocycles. The molecule has 0 saturated carbocycles. The highest BCUT2D eigenvalue weighted by Gasteiger charge is 2.43. The molecule has 6 heteroatoms. The van der Waals surface area contributed by atoms with E-state index in [1.807, 2.05) is 105 Å². The van der Waals surface area contributed by atoms with Gasteiger partial charge in [-0.05, 0) is 85.1 Å². The number of ether oxygens (including phenoxy) is 1. The number of nitrogens with zero attached hydrogens (tertiary/aromatic N) is 1. The first-order valence-corrected chi connectivity index (χ1v) is 12.7. The van der Waals surface area contributed by atoms with Gasteiger partial charge < -0.3 is 9.15 Å². The lowest BCUT2D eigenvalue weighted by atomic mass is 9.97. The van der Waals surface area contributed by atoms with Crippen molar-refractivity contribution >= 4 is 38.5 Å². The minimum Gasteiger partial charge on any atom is -0.457 e. The normalized spacial score (nSPS) is 14.7. The Labute approximate surface area is 222 Å². The Bertz CT molecular complexity index is 1740. The predicted molar refractivity (Wildman–Crippen MR) is 148 cm³/mol. The van der Waals surface area contributed by atoms with Gasteiger partial charge in [0.1, 0.15) is 17.1 Å². The van der Waals surface area contributed by atoms with E-state index in [1.165, 1.54) is 0 Å². The van der Waals surface area contributed by atoms with E-state index < -0.39 is 6.04 Å². The minimum atomic E-state index is -0.682. The van der Waals surface area contributed by atoms with Crippen LogP contribution in [0, 0.1) is 13.8 Å². The molecule has 0 bridgehead atoms. The van der Waals surface area contributed by atoms with E-state index in [1.54, 1.807) is 4.90 Å². The fourth-order valence-corrected chi connectivity index (χ4v) is 5.20. The van der Waals surface area contributed by atoms with Gasteiger partial charge in [0, 0.05) is 10.2 Å². The van der Waals surface area contributed by atoms with Crippen LogP contribution in [0.3, 0.4) is 0 Å². The third kappa shape index (κ3) is 4.03. The lowest BCUT2D eigenvalue weighted by Crippen LogP contribution is -2.29. The van der Waals surface area contributed by atoms with Crippen molar-refractivity contribution in [2.75, 3.05) is 4.90 Å². The summed E-state index contributed by atoms with van der Waals surface area (Å²) in [5, 5.41) is 0.465. The van der Waals surface area contributed by atoms with Gasteiger partial charge in [-0.25, -0.2) is 0 Å². The van der Waals surface area contributed by atoms with Crippen LogP contribution in [0.4, 0.5) is 5.69 Å². The summed E-state index contributed by atoms with van der Waals surface area (Å²) >= 11 is 3.51. The van der Waals surface area contributed by atoms with Crippen LogP contribution in [-0.4, -0.2) is 5.91 Å². The Morgan fingerprint density at radius 1 is 0.811 bits per heavy atom. The minimum absolute atomic E-state index is 0.0695. The predicted octanol–water partition coefficient (Wildman–Crippen LogP) is 7.71. The zero-order valence-electron chi connectivity index (χ0n) is 20.2. The molecule has 5 aromatic rings. The average Bonchev–Trinajstić information content (AvgIpc) is 3.18. The van der Waals surface area contributed by atoms with Crippen LogP contribution in [0.15, 0.2) is 105 Å². The molecule has 1 aromatic heterocycles. The molecule has 0 fully saturated rings. The zero-order chi connectivity index (χ0) is 25.7. The molecule has 4 aromatic carbocycles. The SMILES string of the molecule is Cc1cc2oc3c(c(=O)c2cc1C)C(c1cccc(Oc2ccccc2)c1)N(c1cccc(Br)c1)C3=O. The second kappa shape index (κ2) is 9.05. The number of anilines is 1. The molecule has 5 nitrogen and oxygen atoms in total. The van der Waals surface area contributed by atoms with Crippen LogP contribution in [0.25, 0.3) is 11.0 Å². The largest absolute Gasteiger partial charge is 0.457 e. The van der Waals surface area contributed by atoms with E-state index >= 15 is 0 Å². The van der Waals surface area contributed by atoms with Gasteiger partial charge in [0.05, 0.1) is 17.0 Å². The van der Waals surface area contributed by atoms with Crippen LogP contribution in [0.5, 0.6) is 11.5 Å². The lowest BCUT2D eigenvalue weighted by molar-refractivity contribution is 0.0971. The van der Waals surface area contributed by atoms with E-state index in [0.717, 1.165) is 21.2 Å². The van der Waals surface area contributed by atoms with Crippen molar-refractivity contribution in [2.24, 2.45) is 0 Å². The van der Waals surface area contributed by atoms with Crippen molar-refractivity contribution in [3.05, 3.63) is 134 Å². The Morgan fingerprint density at radius 2 is 1.54 bits per heavy atom. The van der Waals surface area contributed by atoms with Crippen molar-refractivity contribution in [3.8, 4) is 11.5 Å². The molecule has 0 radical (unpaired) electrons. The van der Waals surface area contributed by atoms with Crippen molar-refractivity contribution in [3.63, 3.8) is 0 Å².